The fraction of sp³-hybridized carbons (Fsp3) is 0.571. The van der Waals surface area contributed by atoms with Gasteiger partial charge < -0.3 is 5.32 Å². The van der Waals surface area contributed by atoms with Gasteiger partial charge in [-0.15, -0.1) is 0 Å². The highest BCUT2D eigenvalue weighted by Crippen LogP contribution is 2.51. The zero-order chi connectivity index (χ0) is 11.8. The van der Waals surface area contributed by atoms with E-state index in [1.807, 2.05) is 18.2 Å². The predicted octanol–water partition coefficient (Wildman–Crippen LogP) is 4.04. The molecule has 88 valence electrons. The van der Waals surface area contributed by atoms with Crippen molar-refractivity contribution in [2.75, 3.05) is 6.54 Å². The van der Waals surface area contributed by atoms with Gasteiger partial charge in [0, 0.05) is 11.1 Å². The number of rotatable bonds is 4. The number of halogens is 1. The maximum absolute atomic E-state index is 6.17. The van der Waals surface area contributed by atoms with E-state index < -0.39 is 0 Å². The normalized spacial score (nSPS) is 24.1. The van der Waals surface area contributed by atoms with E-state index in [9.17, 15) is 0 Å². The molecule has 0 spiro atoms. The molecule has 0 heterocycles. The van der Waals surface area contributed by atoms with Crippen LogP contribution in [-0.4, -0.2) is 6.54 Å². The molecular formula is C14H20ClN. The molecule has 2 atom stereocenters. The first kappa shape index (κ1) is 11.9. The summed E-state index contributed by atoms with van der Waals surface area (Å²) in [6.45, 7) is 7.94. The summed E-state index contributed by atoms with van der Waals surface area (Å²) in [4.78, 5) is 0. The number of hydrogen-bond acceptors (Lipinski definition) is 1. The molecule has 2 rings (SSSR count). The van der Waals surface area contributed by atoms with Crippen LogP contribution >= 0.6 is 11.6 Å². The second-order valence-electron chi connectivity index (χ2n) is 5.54. The molecule has 1 nitrogen and oxygen atoms in total. The molecule has 1 saturated carbocycles. The minimum atomic E-state index is 0.338. The Kier molecular flexibility index (Phi) is 3.27. The van der Waals surface area contributed by atoms with Crippen LogP contribution in [0.4, 0.5) is 0 Å². The van der Waals surface area contributed by atoms with Gasteiger partial charge in [-0.3, -0.25) is 0 Å². The van der Waals surface area contributed by atoms with Crippen molar-refractivity contribution in [3.8, 4) is 0 Å². The number of benzene rings is 1. The Balaban J connectivity index is 1.89. The van der Waals surface area contributed by atoms with Crippen LogP contribution in [0.2, 0.25) is 5.02 Å². The molecule has 1 aromatic carbocycles. The predicted molar refractivity (Wildman–Crippen MR) is 69.8 cm³/mol. The van der Waals surface area contributed by atoms with Gasteiger partial charge in [-0.25, -0.2) is 0 Å². The smallest absolute Gasteiger partial charge is 0.0453 e. The van der Waals surface area contributed by atoms with E-state index in [4.69, 9.17) is 11.6 Å². The third-order valence-electron chi connectivity index (χ3n) is 3.76. The minimum absolute atomic E-state index is 0.338. The Morgan fingerprint density at radius 2 is 2.06 bits per heavy atom. The average molecular weight is 238 g/mol. The lowest BCUT2D eigenvalue weighted by atomic mass is 10.1. The molecule has 1 aliphatic carbocycles. The van der Waals surface area contributed by atoms with Crippen LogP contribution in [0.15, 0.2) is 24.3 Å². The van der Waals surface area contributed by atoms with E-state index >= 15 is 0 Å². The summed E-state index contributed by atoms with van der Waals surface area (Å²) in [5, 5.41) is 4.43. The molecule has 1 N–H and O–H groups in total. The molecule has 2 unspecified atom stereocenters. The van der Waals surface area contributed by atoms with Crippen molar-refractivity contribution in [1.82, 2.24) is 5.32 Å². The summed E-state index contributed by atoms with van der Waals surface area (Å²) in [6, 6.07) is 8.40. The first-order valence-corrected chi connectivity index (χ1v) is 6.36. The lowest BCUT2D eigenvalue weighted by Crippen LogP contribution is -2.22. The quantitative estimate of drug-likeness (QED) is 0.834. The minimum Gasteiger partial charge on any atom is -0.310 e. The number of nitrogens with one attached hydrogen (secondary N) is 1. The average Bonchev–Trinajstić information content (AvgIpc) is 2.84. The maximum Gasteiger partial charge on any atom is 0.0453 e. The van der Waals surface area contributed by atoms with Crippen molar-refractivity contribution in [3.63, 3.8) is 0 Å². The lowest BCUT2D eigenvalue weighted by molar-refractivity contribution is 0.485. The Morgan fingerprint density at radius 3 is 2.62 bits per heavy atom. The summed E-state index contributed by atoms with van der Waals surface area (Å²) in [6.07, 6.45) is 1.34. The Hall–Kier alpha value is -0.530. The van der Waals surface area contributed by atoms with Crippen molar-refractivity contribution < 1.29 is 0 Å². The van der Waals surface area contributed by atoms with Crippen LogP contribution < -0.4 is 5.32 Å². The molecule has 2 heteroatoms. The van der Waals surface area contributed by atoms with Crippen LogP contribution in [-0.2, 0) is 0 Å². The van der Waals surface area contributed by atoms with Crippen molar-refractivity contribution in [2.45, 2.75) is 33.2 Å². The Morgan fingerprint density at radius 1 is 1.44 bits per heavy atom. The van der Waals surface area contributed by atoms with E-state index in [1.165, 1.54) is 12.0 Å². The highest BCUT2D eigenvalue weighted by atomic mass is 35.5. The van der Waals surface area contributed by atoms with Gasteiger partial charge in [-0.2, -0.15) is 0 Å². The van der Waals surface area contributed by atoms with Gasteiger partial charge >= 0.3 is 0 Å². The van der Waals surface area contributed by atoms with Crippen LogP contribution in [0.25, 0.3) is 0 Å². The lowest BCUT2D eigenvalue weighted by Gasteiger charge is -2.16. The third-order valence-corrected chi connectivity index (χ3v) is 4.10. The molecule has 0 aliphatic heterocycles. The summed E-state index contributed by atoms with van der Waals surface area (Å²) >= 11 is 6.17. The molecule has 0 saturated heterocycles. The van der Waals surface area contributed by atoms with Crippen molar-refractivity contribution in [2.24, 2.45) is 11.3 Å². The van der Waals surface area contributed by atoms with E-state index in [-0.39, 0.29) is 0 Å². The SMILES string of the molecule is CC(NCC1CC1(C)C)c1ccccc1Cl. The molecule has 0 radical (unpaired) electrons. The van der Waals surface area contributed by atoms with Gasteiger partial charge in [0.1, 0.15) is 0 Å². The molecule has 1 aliphatic rings. The summed E-state index contributed by atoms with van der Waals surface area (Å²) < 4.78 is 0. The van der Waals surface area contributed by atoms with Crippen molar-refractivity contribution in [1.29, 1.82) is 0 Å². The van der Waals surface area contributed by atoms with Gasteiger partial charge in [-0.05, 0) is 42.9 Å². The molecular weight excluding hydrogens is 218 g/mol. The highest BCUT2D eigenvalue weighted by Gasteiger charge is 2.44. The standard InChI is InChI=1S/C14H20ClN/c1-10(12-6-4-5-7-13(12)15)16-9-11-8-14(11,2)3/h4-7,10-11,16H,8-9H2,1-3H3. The fourth-order valence-corrected chi connectivity index (χ4v) is 2.48. The zero-order valence-corrected chi connectivity index (χ0v) is 11.0. The molecule has 1 fully saturated rings. The molecule has 0 bridgehead atoms. The Labute approximate surface area is 103 Å². The number of hydrogen-bond donors (Lipinski definition) is 1. The van der Waals surface area contributed by atoms with E-state index in [0.29, 0.717) is 11.5 Å². The third kappa shape index (κ3) is 2.58. The second kappa shape index (κ2) is 4.38. The van der Waals surface area contributed by atoms with E-state index in [2.05, 4.69) is 32.2 Å². The summed E-state index contributed by atoms with van der Waals surface area (Å²) in [5.74, 6) is 0.831. The molecule has 16 heavy (non-hydrogen) atoms. The van der Waals surface area contributed by atoms with Crippen molar-refractivity contribution >= 4 is 11.6 Å². The highest BCUT2D eigenvalue weighted by molar-refractivity contribution is 6.31. The van der Waals surface area contributed by atoms with Crippen LogP contribution in [0.1, 0.15) is 38.8 Å². The van der Waals surface area contributed by atoms with Crippen LogP contribution in [0.5, 0.6) is 0 Å². The molecule has 0 aromatic heterocycles. The van der Waals surface area contributed by atoms with E-state index in [1.54, 1.807) is 0 Å². The second-order valence-corrected chi connectivity index (χ2v) is 5.95. The van der Waals surface area contributed by atoms with Crippen LogP contribution in [0.3, 0.4) is 0 Å². The maximum atomic E-state index is 6.17. The topological polar surface area (TPSA) is 12.0 Å². The first-order chi connectivity index (χ1) is 7.50. The van der Waals surface area contributed by atoms with Gasteiger partial charge in [0.15, 0.2) is 0 Å². The summed E-state index contributed by atoms with van der Waals surface area (Å²) in [5.41, 5.74) is 1.75. The largest absolute Gasteiger partial charge is 0.310 e. The van der Waals surface area contributed by atoms with Gasteiger partial charge in [0.2, 0.25) is 0 Å². The monoisotopic (exact) mass is 237 g/mol. The fourth-order valence-electron chi connectivity index (χ4n) is 2.18. The van der Waals surface area contributed by atoms with Crippen molar-refractivity contribution in [3.05, 3.63) is 34.9 Å². The Bertz CT molecular complexity index is 373. The first-order valence-electron chi connectivity index (χ1n) is 5.98. The zero-order valence-electron chi connectivity index (χ0n) is 10.3. The van der Waals surface area contributed by atoms with Gasteiger partial charge in [0.05, 0.1) is 0 Å². The molecule has 1 aromatic rings. The van der Waals surface area contributed by atoms with Gasteiger partial charge in [0.25, 0.3) is 0 Å². The summed E-state index contributed by atoms with van der Waals surface area (Å²) in [7, 11) is 0. The van der Waals surface area contributed by atoms with Gasteiger partial charge in [-0.1, -0.05) is 43.6 Å². The van der Waals surface area contributed by atoms with Crippen LogP contribution in [0, 0.1) is 11.3 Å². The molecule has 0 amide bonds. The van der Waals surface area contributed by atoms with E-state index in [0.717, 1.165) is 17.5 Å².